The van der Waals surface area contributed by atoms with Crippen LogP contribution >= 0.6 is 0 Å². The molecule has 3 heterocycles. The van der Waals surface area contributed by atoms with Crippen molar-refractivity contribution in [3.8, 4) is 5.88 Å². The van der Waals surface area contributed by atoms with E-state index in [4.69, 9.17) is 24.5 Å². The third-order valence-corrected chi connectivity index (χ3v) is 4.17. The average Bonchev–Trinajstić information content (AvgIpc) is 2.96. The molecular weight excluding hydrogens is 478 g/mol. The number of hydrogen-bond donors (Lipinski definition) is 2. The van der Waals surface area contributed by atoms with Crippen molar-refractivity contribution < 1.29 is 50.9 Å². The van der Waals surface area contributed by atoms with Gasteiger partial charge in [-0.05, 0) is 24.1 Å². The molecule has 2 aromatic heterocycles. The van der Waals surface area contributed by atoms with Gasteiger partial charge in [-0.3, -0.25) is 9.88 Å². The molecule has 0 bridgehead atoms. The standard InChI is InChI=1S/C15H18N4O.2C2HF3O2/c1-20-15-13-4-8-19(9-5-14(13)17-11-18-15)10-12-2-6-16-7-3-12;2*3-2(4,5)1(6)7/h2-3,6-7,11H,4-5,8-10H2,1H3;2*(H,6,7). The molecule has 1 aliphatic heterocycles. The van der Waals surface area contributed by atoms with Gasteiger partial charge in [-0.2, -0.15) is 26.3 Å². The zero-order valence-corrected chi connectivity index (χ0v) is 17.6. The van der Waals surface area contributed by atoms with Crippen LogP contribution in [0, 0.1) is 0 Å². The van der Waals surface area contributed by atoms with Gasteiger partial charge in [0.25, 0.3) is 0 Å². The number of aromatic nitrogens is 3. The third-order valence-electron chi connectivity index (χ3n) is 4.17. The number of carboxylic acid groups (broad SMARTS) is 2. The predicted octanol–water partition coefficient (Wildman–Crippen LogP) is 2.75. The minimum Gasteiger partial charge on any atom is -0.481 e. The second-order valence-corrected chi connectivity index (χ2v) is 6.55. The SMILES string of the molecule is COc1ncnc2c1CCN(Cc1ccncc1)CC2.O=C(O)C(F)(F)F.O=C(O)C(F)(F)F. The van der Waals surface area contributed by atoms with Gasteiger partial charge in [0.15, 0.2) is 0 Å². The first-order chi connectivity index (χ1) is 15.8. The van der Waals surface area contributed by atoms with Crippen molar-refractivity contribution in [1.82, 2.24) is 19.9 Å². The van der Waals surface area contributed by atoms with Gasteiger partial charge in [0.2, 0.25) is 5.88 Å². The van der Waals surface area contributed by atoms with Gasteiger partial charge < -0.3 is 14.9 Å². The van der Waals surface area contributed by atoms with Crippen molar-refractivity contribution in [1.29, 1.82) is 0 Å². The largest absolute Gasteiger partial charge is 0.490 e. The highest BCUT2D eigenvalue weighted by atomic mass is 19.4. The average molecular weight is 498 g/mol. The van der Waals surface area contributed by atoms with Crippen LogP contribution in [0.5, 0.6) is 5.88 Å². The van der Waals surface area contributed by atoms with Crippen molar-refractivity contribution in [3.63, 3.8) is 0 Å². The first kappa shape index (κ1) is 28.5. The lowest BCUT2D eigenvalue weighted by atomic mass is 10.1. The molecule has 9 nitrogen and oxygen atoms in total. The number of alkyl halides is 6. The molecule has 2 aromatic rings. The molecule has 0 radical (unpaired) electrons. The Labute approximate surface area is 189 Å². The minimum absolute atomic E-state index is 0.723. The fourth-order valence-electron chi connectivity index (χ4n) is 2.62. The number of methoxy groups -OCH3 is 1. The molecular formula is C19H20F6N4O5. The molecule has 0 atom stereocenters. The van der Waals surface area contributed by atoms with E-state index < -0.39 is 24.3 Å². The highest BCUT2D eigenvalue weighted by Gasteiger charge is 2.38. The molecule has 0 saturated heterocycles. The highest BCUT2D eigenvalue weighted by Crippen LogP contribution is 2.22. The molecule has 34 heavy (non-hydrogen) atoms. The molecule has 0 saturated carbocycles. The molecule has 15 heteroatoms. The Morgan fingerprint density at radius 1 is 0.971 bits per heavy atom. The summed E-state index contributed by atoms with van der Waals surface area (Å²) in [6.07, 6.45) is -3.01. The van der Waals surface area contributed by atoms with E-state index in [1.54, 1.807) is 13.4 Å². The number of fused-ring (bicyclic) bond motifs is 1. The Hall–Kier alpha value is -3.49. The smallest absolute Gasteiger partial charge is 0.481 e. The summed E-state index contributed by atoms with van der Waals surface area (Å²) in [6, 6.07) is 4.14. The maximum absolute atomic E-state index is 10.6. The normalized spacial score (nSPS) is 13.7. The second-order valence-electron chi connectivity index (χ2n) is 6.55. The van der Waals surface area contributed by atoms with Gasteiger partial charge in [0.1, 0.15) is 6.33 Å². The number of halogens is 6. The lowest BCUT2D eigenvalue weighted by molar-refractivity contribution is -0.193. The van der Waals surface area contributed by atoms with E-state index in [1.807, 2.05) is 12.4 Å². The quantitative estimate of drug-likeness (QED) is 0.615. The lowest BCUT2D eigenvalue weighted by Gasteiger charge is -2.19. The first-order valence-corrected chi connectivity index (χ1v) is 9.34. The summed E-state index contributed by atoms with van der Waals surface area (Å²) >= 11 is 0. The minimum atomic E-state index is -5.08. The van der Waals surface area contributed by atoms with Crippen LogP contribution in [0.2, 0.25) is 0 Å². The molecule has 2 N–H and O–H groups in total. The topological polar surface area (TPSA) is 126 Å². The van der Waals surface area contributed by atoms with E-state index in [0.717, 1.165) is 49.6 Å². The zero-order chi connectivity index (χ0) is 25.9. The Morgan fingerprint density at radius 3 is 1.94 bits per heavy atom. The molecule has 0 amide bonds. The van der Waals surface area contributed by atoms with Crippen LogP contribution in [0.3, 0.4) is 0 Å². The second kappa shape index (κ2) is 12.7. The Balaban J connectivity index is 0.000000343. The number of ether oxygens (including phenoxy) is 1. The predicted molar refractivity (Wildman–Crippen MR) is 103 cm³/mol. The molecule has 1 aliphatic rings. The summed E-state index contributed by atoms with van der Waals surface area (Å²) in [6.45, 7) is 2.96. The maximum atomic E-state index is 10.6. The number of carbonyl (C=O) groups is 2. The first-order valence-electron chi connectivity index (χ1n) is 9.34. The number of rotatable bonds is 3. The number of hydrogen-bond acceptors (Lipinski definition) is 7. The van der Waals surface area contributed by atoms with E-state index in [1.165, 1.54) is 5.56 Å². The monoisotopic (exact) mass is 498 g/mol. The molecule has 0 aromatic carbocycles. The van der Waals surface area contributed by atoms with Crippen molar-refractivity contribution in [3.05, 3.63) is 47.7 Å². The molecule has 3 rings (SSSR count). The number of aliphatic carboxylic acids is 2. The van der Waals surface area contributed by atoms with Crippen molar-refractivity contribution in [2.24, 2.45) is 0 Å². The summed E-state index contributed by atoms with van der Waals surface area (Å²) in [5, 5.41) is 14.2. The zero-order valence-electron chi connectivity index (χ0n) is 17.6. The van der Waals surface area contributed by atoms with Crippen molar-refractivity contribution in [2.75, 3.05) is 20.2 Å². The van der Waals surface area contributed by atoms with Crippen LogP contribution in [0.1, 0.15) is 16.8 Å². The van der Waals surface area contributed by atoms with Gasteiger partial charge >= 0.3 is 24.3 Å². The summed E-state index contributed by atoms with van der Waals surface area (Å²) in [7, 11) is 1.67. The van der Waals surface area contributed by atoms with Gasteiger partial charge in [-0.25, -0.2) is 19.6 Å². The molecule has 188 valence electrons. The highest BCUT2D eigenvalue weighted by molar-refractivity contribution is 5.73. The van der Waals surface area contributed by atoms with Crippen molar-refractivity contribution in [2.45, 2.75) is 31.7 Å². The van der Waals surface area contributed by atoms with Gasteiger partial charge in [-0.15, -0.1) is 0 Å². The number of pyridine rings is 1. The van der Waals surface area contributed by atoms with Crippen LogP contribution in [0.15, 0.2) is 30.9 Å². The Bertz CT molecular complexity index is 917. The van der Waals surface area contributed by atoms with E-state index >= 15 is 0 Å². The third kappa shape index (κ3) is 9.97. The summed E-state index contributed by atoms with van der Waals surface area (Å²) in [5.74, 6) is -4.79. The number of carboxylic acids is 2. The van der Waals surface area contributed by atoms with Gasteiger partial charge in [0, 0.05) is 44.0 Å². The molecule has 0 aliphatic carbocycles. The van der Waals surface area contributed by atoms with Gasteiger partial charge in [0.05, 0.1) is 12.8 Å². The van der Waals surface area contributed by atoms with Gasteiger partial charge in [-0.1, -0.05) is 0 Å². The van der Waals surface area contributed by atoms with Crippen LogP contribution in [-0.4, -0.2) is 74.6 Å². The summed E-state index contributed by atoms with van der Waals surface area (Å²) < 4.78 is 68.8. The Morgan fingerprint density at radius 2 is 1.47 bits per heavy atom. The lowest BCUT2D eigenvalue weighted by Crippen LogP contribution is -2.25. The van der Waals surface area contributed by atoms with Crippen LogP contribution in [0.25, 0.3) is 0 Å². The molecule has 0 unspecified atom stereocenters. The van der Waals surface area contributed by atoms with Crippen LogP contribution in [-0.2, 0) is 29.0 Å². The number of nitrogens with zero attached hydrogens (tertiary/aromatic N) is 4. The van der Waals surface area contributed by atoms with E-state index in [2.05, 4.69) is 32.0 Å². The summed E-state index contributed by atoms with van der Waals surface area (Å²) in [4.78, 5) is 32.9. The van der Waals surface area contributed by atoms with E-state index in [9.17, 15) is 26.3 Å². The van der Waals surface area contributed by atoms with Crippen LogP contribution < -0.4 is 4.74 Å². The van der Waals surface area contributed by atoms with Crippen molar-refractivity contribution >= 4 is 11.9 Å². The fourth-order valence-corrected chi connectivity index (χ4v) is 2.62. The maximum Gasteiger partial charge on any atom is 0.490 e. The summed E-state index contributed by atoms with van der Waals surface area (Å²) in [5.41, 5.74) is 3.57. The van der Waals surface area contributed by atoms with Crippen LogP contribution in [0.4, 0.5) is 26.3 Å². The molecule has 0 spiro atoms. The van der Waals surface area contributed by atoms with E-state index in [-0.39, 0.29) is 0 Å². The fraction of sp³-hybridized carbons (Fsp3) is 0.421. The van der Waals surface area contributed by atoms with E-state index in [0.29, 0.717) is 0 Å². The molecule has 0 fully saturated rings. The Kier molecular flexibility index (Phi) is 10.6.